The number of likely N-dealkylation sites (tertiary alicyclic amines) is 1. The van der Waals surface area contributed by atoms with Crippen molar-refractivity contribution in [3.8, 4) is 0 Å². The van der Waals surface area contributed by atoms with Crippen LogP contribution in [0, 0.1) is 0 Å². The minimum absolute atomic E-state index is 0.0181. The molecule has 31 heavy (non-hydrogen) atoms. The van der Waals surface area contributed by atoms with E-state index in [1.165, 1.54) is 28.0 Å². The van der Waals surface area contributed by atoms with Crippen LogP contribution in [0.15, 0.2) is 55.2 Å². The van der Waals surface area contributed by atoms with Gasteiger partial charge in [-0.05, 0) is 5.56 Å². The van der Waals surface area contributed by atoms with E-state index in [4.69, 9.17) is 0 Å². The zero-order valence-electron chi connectivity index (χ0n) is 16.6. The quantitative estimate of drug-likeness (QED) is 0.611. The molecular weight excluding hydrogens is 408 g/mol. The second-order valence-electron chi connectivity index (χ2n) is 7.46. The number of hydrogen-bond donors (Lipinski definition) is 1. The maximum atomic E-state index is 14.1. The van der Waals surface area contributed by atoms with Crippen molar-refractivity contribution in [1.82, 2.24) is 34.8 Å². The van der Waals surface area contributed by atoms with Gasteiger partial charge in [0.2, 0.25) is 5.91 Å². The average Bonchev–Trinajstić information content (AvgIpc) is 3.48. The molecular formula is C20H21F2N7O2. The predicted octanol–water partition coefficient (Wildman–Crippen LogP) is 1.34. The Morgan fingerprint density at radius 1 is 1.23 bits per heavy atom. The number of halogens is 2. The smallest absolute Gasteiger partial charge is 0.273 e. The lowest BCUT2D eigenvalue weighted by Crippen LogP contribution is -2.40. The van der Waals surface area contributed by atoms with Gasteiger partial charge < -0.3 is 14.8 Å². The Bertz CT molecular complexity index is 1040. The van der Waals surface area contributed by atoms with Gasteiger partial charge in [0.05, 0.1) is 31.7 Å². The van der Waals surface area contributed by atoms with Crippen LogP contribution < -0.4 is 5.32 Å². The zero-order valence-corrected chi connectivity index (χ0v) is 16.6. The molecule has 11 heteroatoms. The summed E-state index contributed by atoms with van der Waals surface area (Å²) in [7, 11) is 0. The third-order valence-electron chi connectivity index (χ3n) is 5.04. The van der Waals surface area contributed by atoms with E-state index in [2.05, 4.69) is 20.6 Å². The molecule has 1 N–H and O–H groups in total. The normalized spacial score (nSPS) is 17.6. The van der Waals surface area contributed by atoms with Crippen LogP contribution in [0.3, 0.4) is 0 Å². The first-order valence-corrected chi connectivity index (χ1v) is 9.75. The maximum absolute atomic E-state index is 14.1. The summed E-state index contributed by atoms with van der Waals surface area (Å²) < 4.78 is 31.0. The van der Waals surface area contributed by atoms with Gasteiger partial charge in [-0.3, -0.25) is 9.59 Å². The monoisotopic (exact) mass is 429 g/mol. The lowest BCUT2D eigenvalue weighted by Gasteiger charge is -2.23. The van der Waals surface area contributed by atoms with Crippen LogP contribution in [0.2, 0.25) is 0 Å². The molecule has 2 amide bonds. The van der Waals surface area contributed by atoms with Crippen LogP contribution in [-0.4, -0.2) is 59.8 Å². The number of imidazole rings is 1. The summed E-state index contributed by atoms with van der Waals surface area (Å²) in [5.41, 5.74) is 1.01. The van der Waals surface area contributed by atoms with Gasteiger partial charge in [-0.2, -0.15) is 0 Å². The Morgan fingerprint density at radius 3 is 2.77 bits per heavy atom. The number of hydrogen-bond acceptors (Lipinski definition) is 5. The lowest BCUT2D eigenvalue weighted by atomic mass is 10.2. The van der Waals surface area contributed by atoms with Gasteiger partial charge in [-0.15, -0.1) is 5.10 Å². The lowest BCUT2D eigenvalue weighted by molar-refractivity contribution is -0.134. The Hall–Kier alpha value is -3.63. The SMILES string of the molecule is O=C(NCc1ccccc1)c1cn(C[C@@H]2CC(F)(F)CN2C(=O)Cn2ccnc2)nn1. The number of benzene rings is 1. The third kappa shape index (κ3) is 5.11. The average molecular weight is 429 g/mol. The fraction of sp³-hybridized carbons (Fsp3) is 0.350. The van der Waals surface area contributed by atoms with Crippen molar-refractivity contribution in [2.45, 2.75) is 38.0 Å². The first kappa shape index (κ1) is 20.6. The van der Waals surface area contributed by atoms with E-state index in [1.807, 2.05) is 30.3 Å². The van der Waals surface area contributed by atoms with Crippen molar-refractivity contribution in [1.29, 1.82) is 0 Å². The van der Waals surface area contributed by atoms with Crippen LogP contribution in [-0.2, 0) is 24.4 Å². The molecule has 162 valence electrons. The van der Waals surface area contributed by atoms with Gasteiger partial charge in [-0.1, -0.05) is 35.5 Å². The number of alkyl halides is 2. The minimum atomic E-state index is -2.98. The number of amides is 2. The third-order valence-corrected chi connectivity index (χ3v) is 5.04. The number of carbonyl (C=O) groups excluding carboxylic acids is 2. The Kier molecular flexibility index (Phi) is 5.74. The summed E-state index contributed by atoms with van der Waals surface area (Å²) in [6.45, 7) is -0.372. The standard InChI is InChI=1S/C20H21F2N7O2/c21-20(22)8-16(29(13-20)18(30)12-27-7-6-23-14-27)10-28-11-17(25-26-28)19(31)24-9-15-4-2-1-3-5-15/h1-7,11,14,16H,8-10,12-13H2,(H,24,31)/t16-/m0/s1. The van der Waals surface area contributed by atoms with E-state index in [1.54, 1.807) is 6.20 Å². The number of nitrogens with one attached hydrogen (secondary N) is 1. The molecule has 0 saturated carbocycles. The van der Waals surface area contributed by atoms with E-state index < -0.39 is 36.7 Å². The van der Waals surface area contributed by atoms with Gasteiger partial charge in [0.1, 0.15) is 6.54 Å². The molecule has 0 aliphatic carbocycles. The number of nitrogens with zero attached hydrogens (tertiary/aromatic N) is 6. The van der Waals surface area contributed by atoms with Crippen LogP contribution in [0.1, 0.15) is 22.5 Å². The molecule has 0 bridgehead atoms. The molecule has 1 atom stereocenters. The van der Waals surface area contributed by atoms with Gasteiger partial charge in [-0.25, -0.2) is 18.4 Å². The van der Waals surface area contributed by atoms with Crippen LogP contribution in [0.5, 0.6) is 0 Å². The Morgan fingerprint density at radius 2 is 2.03 bits per heavy atom. The summed E-state index contributed by atoms with van der Waals surface area (Å²) in [5.74, 6) is -3.83. The first-order valence-electron chi connectivity index (χ1n) is 9.75. The highest BCUT2D eigenvalue weighted by Gasteiger charge is 2.47. The Balaban J connectivity index is 1.38. The van der Waals surface area contributed by atoms with Crippen molar-refractivity contribution in [2.24, 2.45) is 0 Å². The second kappa shape index (κ2) is 8.62. The largest absolute Gasteiger partial charge is 0.347 e. The summed E-state index contributed by atoms with van der Waals surface area (Å²) in [6, 6.07) is 8.63. The molecule has 9 nitrogen and oxygen atoms in total. The van der Waals surface area contributed by atoms with Crippen molar-refractivity contribution < 1.29 is 18.4 Å². The van der Waals surface area contributed by atoms with E-state index in [0.29, 0.717) is 6.54 Å². The first-order chi connectivity index (χ1) is 14.9. The van der Waals surface area contributed by atoms with E-state index in [0.717, 1.165) is 10.5 Å². The summed E-state index contributed by atoms with van der Waals surface area (Å²) in [6.07, 6.45) is 5.49. The van der Waals surface area contributed by atoms with Gasteiger partial charge in [0.25, 0.3) is 11.8 Å². The molecule has 1 aromatic carbocycles. The predicted molar refractivity (Wildman–Crippen MR) is 105 cm³/mol. The van der Waals surface area contributed by atoms with Crippen LogP contribution in [0.25, 0.3) is 0 Å². The van der Waals surface area contributed by atoms with E-state index >= 15 is 0 Å². The molecule has 1 saturated heterocycles. The van der Waals surface area contributed by atoms with E-state index in [-0.39, 0.29) is 18.8 Å². The summed E-state index contributed by atoms with van der Waals surface area (Å²) in [4.78, 5) is 29.9. The number of rotatable bonds is 7. The van der Waals surface area contributed by atoms with Gasteiger partial charge >= 0.3 is 0 Å². The van der Waals surface area contributed by atoms with Crippen molar-refractivity contribution >= 4 is 11.8 Å². The molecule has 0 radical (unpaired) electrons. The fourth-order valence-corrected chi connectivity index (χ4v) is 3.56. The molecule has 1 fully saturated rings. The number of carbonyl (C=O) groups is 2. The van der Waals surface area contributed by atoms with E-state index in [9.17, 15) is 18.4 Å². The van der Waals surface area contributed by atoms with Crippen LogP contribution in [0.4, 0.5) is 8.78 Å². The molecule has 0 spiro atoms. The highest BCUT2D eigenvalue weighted by molar-refractivity contribution is 5.91. The van der Waals surface area contributed by atoms with Crippen LogP contribution >= 0.6 is 0 Å². The Labute approximate surface area is 176 Å². The zero-order chi connectivity index (χ0) is 21.8. The van der Waals surface area contributed by atoms with Crippen molar-refractivity contribution in [3.63, 3.8) is 0 Å². The summed E-state index contributed by atoms with van der Waals surface area (Å²) in [5, 5.41) is 10.5. The van der Waals surface area contributed by atoms with Crippen molar-refractivity contribution in [3.05, 3.63) is 66.5 Å². The van der Waals surface area contributed by atoms with Gasteiger partial charge in [0, 0.05) is 25.4 Å². The van der Waals surface area contributed by atoms with Gasteiger partial charge in [0.15, 0.2) is 5.69 Å². The molecule has 1 aliphatic heterocycles. The maximum Gasteiger partial charge on any atom is 0.273 e. The molecule has 4 rings (SSSR count). The second-order valence-corrected chi connectivity index (χ2v) is 7.46. The topological polar surface area (TPSA) is 97.9 Å². The molecule has 1 aliphatic rings. The van der Waals surface area contributed by atoms with Crippen molar-refractivity contribution in [2.75, 3.05) is 6.54 Å². The summed E-state index contributed by atoms with van der Waals surface area (Å²) >= 11 is 0. The fourth-order valence-electron chi connectivity index (χ4n) is 3.56. The minimum Gasteiger partial charge on any atom is -0.347 e. The number of aromatic nitrogens is 5. The molecule has 3 aromatic rings. The highest BCUT2D eigenvalue weighted by atomic mass is 19.3. The molecule has 2 aromatic heterocycles. The highest BCUT2D eigenvalue weighted by Crippen LogP contribution is 2.33. The molecule has 0 unspecified atom stereocenters. The molecule has 3 heterocycles.